The van der Waals surface area contributed by atoms with E-state index in [2.05, 4.69) is 52.4 Å². The molecule has 6 heteroatoms. The molecule has 1 aliphatic rings. The summed E-state index contributed by atoms with van der Waals surface area (Å²) in [6, 6.07) is 26.0. The zero-order chi connectivity index (χ0) is 26.7. The van der Waals surface area contributed by atoms with Gasteiger partial charge in [-0.2, -0.15) is 0 Å². The van der Waals surface area contributed by atoms with Gasteiger partial charge in [-0.05, 0) is 55.2 Å². The topological polar surface area (TPSA) is 49.4 Å². The van der Waals surface area contributed by atoms with Crippen LogP contribution in [-0.2, 0) is 22.6 Å². The lowest BCUT2D eigenvalue weighted by Crippen LogP contribution is -2.52. The molecule has 1 fully saturated rings. The van der Waals surface area contributed by atoms with Gasteiger partial charge in [0.15, 0.2) is 0 Å². The number of benzene rings is 3. The lowest BCUT2D eigenvalue weighted by molar-refractivity contribution is -0.141. The van der Waals surface area contributed by atoms with Crippen molar-refractivity contribution in [2.75, 3.05) is 5.75 Å². The van der Waals surface area contributed by atoms with E-state index in [9.17, 15) is 9.59 Å². The molecule has 1 N–H and O–H groups in total. The predicted octanol–water partition coefficient (Wildman–Crippen LogP) is 7.33. The Morgan fingerprint density at radius 2 is 1.66 bits per heavy atom. The van der Waals surface area contributed by atoms with Gasteiger partial charge >= 0.3 is 0 Å². The third-order valence-electron chi connectivity index (χ3n) is 7.07. The molecule has 0 aromatic heterocycles. The molecule has 0 spiro atoms. The van der Waals surface area contributed by atoms with Crippen molar-refractivity contribution in [1.82, 2.24) is 10.2 Å². The van der Waals surface area contributed by atoms with Gasteiger partial charge in [-0.15, -0.1) is 11.8 Å². The first-order chi connectivity index (χ1) is 18.5. The number of aryl methyl sites for hydroxylation is 1. The Morgan fingerprint density at radius 1 is 0.947 bits per heavy atom. The lowest BCUT2D eigenvalue weighted by Gasteiger charge is -2.33. The molecule has 2 amide bonds. The maximum Gasteiger partial charge on any atom is 0.243 e. The summed E-state index contributed by atoms with van der Waals surface area (Å²) in [6.07, 6.45) is 6.40. The van der Waals surface area contributed by atoms with Crippen molar-refractivity contribution in [2.45, 2.75) is 75.4 Å². The Labute approximate surface area is 239 Å². The first-order valence-corrected chi connectivity index (χ1v) is 15.3. The fraction of sp³-hybridized carbons (Fsp3) is 0.375. The van der Waals surface area contributed by atoms with Crippen molar-refractivity contribution < 1.29 is 9.59 Å². The van der Waals surface area contributed by atoms with Crippen molar-refractivity contribution in [1.29, 1.82) is 0 Å². The number of rotatable bonds is 11. The summed E-state index contributed by atoms with van der Waals surface area (Å²) < 4.78 is 0.962. The highest BCUT2D eigenvalue weighted by Gasteiger charge is 2.31. The summed E-state index contributed by atoms with van der Waals surface area (Å²) in [4.78, 5) is 30.6. The molecular formula is C32H37BrN2O2S. The average molecular weight is 594 g/mol. The second kappa shape index (κ2) is 14.5. The highest BCUT2D eigenvalue weighted by atomic mass is 79.9. The van der Waals surface area contributed by atoms with E-state index in [1.54, 1.807) is 11.8 Å². The maximum atomic E-state index is 13.8. The third kappa shape index (κ3) is 8.74. The highest BCUT2D eigenvalue weighted by molar-refractivity contribution is 9.10. The number of thioether (sulfide) groups is 1. The van der Waals surface area contributed by atoms with E-state index in [0.717, 1.165) is 46.2 Å². The van der Waals surface area contributed by atoms with Gasteiger partial charge in [0.25, 0.3) is 0 Å². The van der Waals surface area contributed by atoms with E-state index in [1.807, 2.05) is 59.5 Å². The number of nitrogens with zero attached hydrogens (tertiary/aromatic N) is 1. The summed E-state index contributed by atoms with van der Waals surface area (Å²) in [7, 11) is 0. The SMILES string of the molecule is Cc1ccc(SCCC(=O)N(Cc2cccc(Br)c2)[C@H](Cc2ccccc2)C(=O)NC2CCCCC2)cc1. The zero-order valence-electron chi connectivity index (χ0n) is 22.1. The van der Waals surface area contributed by atoms with E-state index < -0.39 is 6.04 Å². The lowest BCUT2D eigenvalue weighted by atomic mass is 9.94. The Hall–Kier alpha value is -2.57. The molecule has 1 aliphatic carbocycles. The Kier molecular flexibility index (Phi) is 10.9. The van der Waals surface area contributed by atoms with Crippen LogP contribution in [0.2, 0.25) is 0 Å². The van der Waals surface area contributed by atoms with Gasteiger partial charge < -0.3 is 10.2 Å². The van der Waals surface area contributed by atoms with E-state index in [0.29, 0.717) is 25.1 Å². The number of carbonyl (C=O) groups is 2. The Bertz CT molecular complexity index is 1180. The monoisotopic (exact) mass is 592 g/mol. The van der Waals surface area contributed by atoms with Crippen LogP contribution < -0.4 is 5.32 Å². The fourth-order valence-electron chi connectivity index (χ4n) is 4.96. The van der Waals surface area contributed by atoms with E-state index >= 15 is 0 Å². The molecule has 4 nitrogen and oxygen atoms in total. The number of hydrogen-bond donors (Lipinski definition) is 1. The minimum atomic E-state index is -0.574. The molecule has 0 radical (unpaired) electrons. The van der Waals surface area contributed by atoms with Gasteiger partial charge in [0.2, 0.25) is 11.8 Å². The van der Waals surface area contributed by atoms with E-state index in [1.165, 1.54) is 12.0 Å². The van der Waals surface area contributed by atoms with Crippen LogP contribution in [0.1, 0.15) is 55.2 Å². The quantitative estimate of drug-likeness (QED) is 0.237. The summed E-state index contributed by atoms with van der Waals surface area (Å²) in [5.41, 5.74) is 3.28. The molecule has 3 aromatic rings. The number of nitrogens with one attached hydrogen (secondary N) is 1. The van der Waals surface area contributed by atoms with Crippen molar-refractivity contribution >= 4 is 39.5 Å². The fourth-order valence-corrected chi connectivity index (χ4v) is 6.25. The summed E-state index contributed by atoms with van der Waals surface area (Å²) >= 11 is 5.24. The molecule has 0 unspecified atom stereocenters. The minimum absolute atomic E-state index is 0.00399. The average Bonchev–Trinajstić information content (AvgIpc) is 2.93. The number of amides is 2. The Morgan fingerprint density at radius 3 is 2.37 bits per heavy atom. The van der Waals surface area contributed by atoms with Gasteiger partial charge in [0.1, 0.15) is 6.04 Å². The van der Waals surface area contributed by atoms with Crippen LogP contribution in [-0.4, -0.2) is 34.6 Å². The van der Waals surface area contributed by atoms with Crippen LogP contribution in [0.15, 0.2) is 88.2 Å². The molecule has 0 heterocycles. The van der Waals surface area contributed by atoms with Gasteiger partial charge in [0, 0.05) is 40.5 Å². The molecule has 1 atom stereocenters. The molecule has 1 saturated carbocycles. The number of hydrogen-bond acceptors (Lipinski definition) is 3. The summed E-state index contributed by atoms with van der Waals surface area (Å²) in [5, 5.41) is 3.31. The van der Waals surface area contributed by atoms with Crippen LogP contribution in [0.4, 0.5) is 0 Å². The van der Waals surface area contributed by atoms with Gasteiger partial charge in [-0.25, -0.2) is 0 Å². The third-order valence-corrected chi connectivity index (χ3v) is 8.58. The molecule has 0 bridgehead atoms. The van der Waals surface area contributed by atoms with E-state index in [-0.39, 0.29) is 17.9 Å². The summed E-state index contributed by atoms with van der Waals surface area (Å²) in [6.45, 7) is 2.46. The molecule has 3 aromatic carbocycles. The first kappa shape index (κ1) is 28.4. The van der Waals surface area contributed by atoms with Gasteiger partial charge in [-0.1, -0.05) is 95.4 Å². The van der Waals surface area contributed by atoms with Crippen LogP contribution in [0.25, 0.3) is 0 Å². The van der Waals surface area contributed by atoms with Crippen LogP contribution >= 0.6 is 27.7 Å². The largest absolute Gasteiger partial charge is 0.352 e. The van der Waals surface area contributed by atoms with Crippen molar-refractivity contribution in [2.24, 2.45) is 0 Å². The standard InChI is InChI=1S/C32H37BrN2O2S/c1-24-15-17-29(18-16-24)38-20-19-31(36)35(23-26-11-8-12-27(33)21-26)30(22-25-9-4-2-5-10-25)32(37)34-28-13-6-3-7-14-28/h2,4-5,8-12,15-18,21,28,30H,3,6-7,13-14,19-20,22-23H2,1H3,(H,34,37)/t30-/m1/s1. The first-order valence-electron chi connectivity index (χ1n) is 13.6. The van der Waals surface area contributed by atoms with Crippen LogP contribution in [0.3, 0.4) is 0 Å². The second-order valence-electron chi connectivity index (χ2n) is 10.1. The van der Waals surface area contributed by atoms with Crippen molar-refractivity contribution in [3.8, 4) is 0 Å². The second-order valence-corrected chi connectivity index (χ2v) is 12.2. The predicted molar refractivity (Wildman–Crippen MR) is 160 cm³/mol. The molecule has 200 valence electrons. The molecule has 4 rings (SSSR count). The molecule has 0 saturated heterocycles. The Balaban J connectivity index is 1.56. The maximum absolute atomic E-state index is 13.8. The smallest absolute Gasteiger partial charge is 0.243 e. The summed E-state index contributed by atoms with van der Waals surface area (Å²) in [5.74, 6) is 0.624. The zero-order valence-corrected chi connectivity index (χ0v) is 24.5. The normalized spacial score (nSPS) is 14.6. The van der Waals surface area contributed by atoms with Crippen LogP contribution in [0, 0.1) is 6.92 Å². The van der Waals surface area contributed by atoms with Crippen LogP contribution in [0.5, 0.6) is 0 Å². The van der Waals surface area contributed by atoms with Gasteiger partial charge in [0.05, 0.1) is 0 Å². The van der Waals surface area contributed by atoms with Gasteiger partial charge in [-0.3, -0.25) is 9.59 Å². The van der Waals surface area contributed by atoms with E-state index in [4.69, 9.17) is 0 Å². The molecular weight excluding hydrogens is 556 g/mol. The molecule has 0 aliphatic heterocycles. The molecule has 38 heavy (non-hydrogen) atoms. The van der Waals surface area contributed by atoms with Crippen molar-refractivity contribution in [3.05, 3.63) is 100 Å². The highest BCUT2D eigenvalue weighted by Crippen LogP contribution is 2.23. The number of halogens is 1. The van der Waals surface area contributed by atoms with Crippen molar-refractivity contribution in [3.63, 3.8) is 0 Å². The number of carbonyl (C=O) groups excluding carboxylic acids is 2. The minimum Gasteiger partial charge on any atom is -0.352 e.